The summed E-state index contributed by atoms with van der Waals surface area (Å²) in [6, 6.07) is 4.75. The smallest absolute Gasteiger partial charge is 0.0312 e. The summed E-state index contributed by atoms with van der Waals surface area (Å²) >= 11 is 0. The molecular formula is C13H21N3. The summed E-state index contributed by atoms with van der Waals surface area (Å²) in [5.74, 6) is 0.658. The minimum Gasteiger partial charge on any atom is -0.330 e. The quantitative estimate of drug-likeness (QED) is 0.840. The van der Waals surface area contributed by atoms with E-state index in [4.69, 9.17) is 5.73 Å². The fraction of sp³-hybridized carbons (Fsp3) is 0.615. The Bertz CT molecular complexity index is 312. The monoisotopic (exact) mass is 219 g/mol. The minimum atomic E-state index is 0.596. The molecule has 0 unspecified atom stereocenters. The number of rotatable bonds is 3. The number of nitrogens with two attached hydrogens (primary N) is 1. The van der Waals surface area contributed by atoms with Gasteiger partial charge in [-0.15, -0.1) is 0 Å². The maximum Gasteiger partial charge on any atom is 0.0312 e. The summed E-state index contributed by atoms with van der Waals surface area (Å²) < 4.78 is 0. The number of nitrogens with zero attached hydrogens (tertiary/aromatic N) is 2. The first kappa shape index (κ1) is 11.6. The van der Waals surface area contributed by atoms with Crippen molar-refractivity contribution in [1.29, 1.82) is 0 Å². The van der Waals surface area contributed by atoms with Gasteiger partial charge in [-0.3, -0.25) is 9.88 Å². The van der Waals surface area contributed by atoms with Gasteiger partial charge in [0.05, 0.1) is 0 Å². The van der Waals surface area contributed by atoms with Gasteiger partial charge in [-0.05, 0) is 50.4 Å². The number of aromatic nitrogens is 1. The van der Waals surface area contributed by atoms with E-state index in [-0.39, 0.29) is 0 Å². The van der Waals surface area contributed by atoms with E-state index in [0.29, 0.717) is 12.0 Å². The average Bonchev–Trinajstić information content (AvgIpc) is 2.33. The second-order valence-corrected chi connectivity index (χ2v) is 4.71. The Labute approximate surface area is 97.7 Å². The van der Waals surface area contributed by atoms with Crippen LogP contribution in [0.25, 0.3) is 0 Å². The Kier molecular flexibility index (Phi) is 3.91. The van der Waals surface area contributed by atoms with Crippen LogP contribution in [0.3, 0.4) is 0 Å². The summed E-state index contributed by atoms with van der Waals surface area (Å²) in [6.45, 7) is 5.30. The molecule has 0 spiro atoms. The van der Waals surface area contributed by atoms with Gasteiger partial charge in [0, 0.05) is 25.0 Å². The molecule has 0 aromatic carbocycles. The lowest BCUT2D eigenvalue weighted by atomic mass is 9.90. The van der Waals surface area contributed by atoms with Gasteiger partial charge in [0.2, 0.25) is 0 Å². The molecule has 1 aliphatic rings. The number of likely N-dealkylation sites (tertiary alicyclic amines) is 1. The lowest BCUT2D eigenvalue weighted by Gasteiger charge is -2.39. The molecular weight excluding hydrogens is 198 g/mol. The molecule has 16 heavy (non-hydrogen) atoms. The Morgan fingerprint density at radius 3 is 3.12 bits per heavy atom. The van der Waals surface area contributed by atoms with Crippen molar-refractivity contribution in [3.63, 3.8) is 0 Å². The molecule has 1 aliphatic heterocycles. The standard InChI is InChI=1S/C13H21N3/c1-11-13(8-14)5-3-7-16(11)10-12-4-2-6-15-9-12/h2,4,6,9,11,13H,3,5,7-8,10,14H2,1H3/t11-,13-/m1/s1. The molecule has 0 amide bonds. The predicted molar refractivity (Wildman–Crippen MR) is 65.9 cm³/mol. The third-order valence-electron chi connectivity index (χ3n) is 3.69. The number of pyridine rings is 1. The molecule has 3 heteroatoms. The van der Waals surface area contributed by atoms with Gasteiger partial charge in [0.25, 0.3) is 0 Å². The first-order valence-corrected chi connectivity index (χ1v) is 6.14. The number of hydrogen-bond acceptors (Lipinski definition) is 3. The van der Waals surface area contributed by atoms with Crippen molar-refractivity contribution in [2.24, 2.45) is 11.7 Å². The molecule has 2 rings (SSSR count). The van der Waals surface area contributed by atoms with Crippen molar-refractivity contribution < 1.29 is 0 Å². The minimum absolute atomic E-state index is 0.596. The molecule has 2 atom stereocenters. The largest absolute Gasteiger partial charge is 0.330 e. The Morgan fingerprint density at radius 2 is 2.44 bits per heavy atom. The van der Waals surface area contributed by atoms with Crippen molar-refractivity contribution >= 4 is 0 Å². The van der Waals surface area contributed by atoms with Gasteiger partial charge in [-0.1, -0.05) is 6.07 Å². The van der Waals surface area contributed by atoms with E-state index >= 15 is 0 Å². The highest BCUT2D eigenvalue weighted by molar-refractivity contribution is 5.08. The van der Waals surface area contributed by atoms with E-state index in [9.17, 15) is 0 Å². The summed E-state index contributed by atoms with van der Waals surface area (Å²) in [5, 5.41) is 0. The third-order valence-corrected chi connectivity index (χ3v) is 3.69. The zero-order chi connectivity index (χ0) is 11.4. The van der Waals surface area contributed by atoms with Crippen LogP contribution in [0.15, 0.2) is 24.5 Å². The highest BCUT2D eigenvalue weighted by Gasteiger charge is 2.26. The Balaban J connectivity index is 1.99. The van der Waals surface area contributed by atoms with E-state index in [1.165, 1.54) is 24.9 Å². The fourth-order valence-electron chi connectivity index (χ4n) is 2.56. The first-order chi connectivity index (χ1) is 7.81. The van der Waals surface area contributed by atoms with Crippen molar-refractivity contribution in [3.8, 4) is 0 Å². The van der Waals surface area contributed by atoms with Crippen LogP contribution in [-0.4, -0.2) is 29.0 Å². The first-order valence-electron chi connectivity index (χ1n) is 6.14. The van der Waals surface area contributed by atoms with Gasteiger partial charge in [0.15, 0.2) is 0 Å². The van der Waals surface area contributed by atoms with Crippen molar-refractivity contribution in [1.82, 2.24) is 9.88 Å². The van der Waals surface area contributed by atoms with Crippen LogP contribution in [0, 0.1) is 5.92 Å². The maximum atomic E-state index is 5.81. The van der Waals surface area contributed by atoms with E-state index < -0.39 is 0 Å². The van der Waals surface area contributed by atoms with Gasteiger partial charge in [0.1, 0.15) is 0 Å². The van der Waals surface area contributed by atoms with Crippen LogP contribution < -0.4 is 5.73 Å². The molecule has 0 radical (unpaired) electrons. The molecule has 2 N–H and O–H groups in total. The lowest BCUT2D eigenvalue weighted by Crippen LogP contribution is -2.45. The molecule has 0 bridgehead atoms. The Hall–Kier alpha value is -0.930. The van der Waals surface area contributed by atoms with Crippen LogP contribution in [0.1, 0.15) is 25.3 Å². The molecule has 2 heterocycles. The van der Waals surface area contributed by atoms with E-state index in [1.807, 2.05) is 18.5 Å². The normalized spacial score (nSPS) is 26.9. The van der Waals surface area contributed by atoms with E-state index in [0.717, 1.165) is 13.1 Å². The van der Waals surface area contributed by atoms with Gasteiger partial charge < -0.3 is 5.73 Å². The zero-order valence-corrected chi connectivity index (χ0v) is 9.97. The van der Waals surface area contributed by atoms with Crippen LogP contribution in [0.4, 0.5) is 0 Å². The molecule has 0 aliphatic carbocycles. The van der Waals surface area contributed by atoms with Crippen molar-refractivity contribution in [3.05, 3.63) is 30.1 Å². The number of hydrogen-bond donors (Lipinski definition) is 1. The number of piperidine rings is 1. The second-order valence-electron chi connectivity index (χ2n) is 4.71. The average molecular weight is 219 g/mol. The van der Waals surface area contributed by atoms with Gasteiger partial charge >= 0.3 is 0 Å². The molecule has 0 saturated carbocycles. The molecule has 88 valence electrons. The van der Waals surface area contributed by atoms with Gasteiger partial charge in [-0.2, -0.15) is 0 Å². The summed E-state index contributed by atoms with van der Waals surface area (Å²) in [6.07, 6.45) is 6.33. The Morgan fingerprint density at radius 1 is 1.56 bits per heavy atom. The van der Waals surface area contributed by atoms with Crippen LogP contribution in [-0.2, 0) is 6.54 Å². The highest BCUT2D eigenvalue weighted by Crippen LogP contribution is 2.23. The maximum absolute atomic E-state index is 5.81. The molecule has 3 nitrogen and oxygen atoms in total. The predicted octanol–water partition coefficient (Wildman–Crippen LogP) is 1.64. The zero-order valence-electron chi connectivity index (χ0n) is 9.97. The molecule has 1 aromatic rings. The lowest BCUT2D eigenvalue weighted by molar-refractivity contribution is 0.101. The summed E-state index contributed by atoms with van der Waals surface area (Å²) in [5.41, 5.74) is 7.11. The summed E-state index contributed by atoms with van der Waals surface area (Å²) in [4.78, 5) is 6.69. The third kappa shape index (κ3) is 2.60. The molecule has 1 saturated heterocycles. The van der Waals surface area contributed by atoms with Gasteiger partial charge in [-0.25, -0.2) is 0 Å². The topological polar surface area (TPSA) is 42.1 Å². The van der Waals surface area contributed by atoms with E-state index in [2.05, 4.69) is 22.9 Å². The van der Waals surface area contributed by atoms with Crippen molar-refractivity contribution in [2.45, 2.75) is 32.4 Å². The highest BCUT2D eigenvalue weighted by atomic mass is 15.2. The SMILES string of the molecule is C[C@@H]1[C@@H](CN)CCCN1Cc1cccnc1. The van der Waals surface area contributed by atoms with Crippen molar-refractivity contribution in [2.75, 3.05) is 13.1 Å². The van der Waals surface area contributed by atoms with Crippen LogP contribution in [0.2, 0.25) is 0 Å². The van der Waals surface area contributed by atoms with E-state index in [1.54, 1.807) is 0 Å². The second kappa shape index (κ2) is 5.41. The fourth-order valence-corrected chi connectivity index (χ4v) is 2.56. The molecule has 1 aromatic heterocycles. The van der Waals surface area contributed by atoms with Crippen LogP contribution >= 0.6 is 0 Å². The van der Waals surface area contributed by atoms with Crippen LogP contribution in [0.5, 0.6) is 0 Å². The molecule has 1 fully saturated rings. The summed E-state index contributed by atoms with van der Waals surface area (Å²) in [7, 11) is 0.